The van der Waals surface area contributed by atoms with E-state index in [1.807, 2.05) is 44.0 Å². The van der Waals surface area contributed by atoms with Gasteiger partial charge in [0.2, 0.25) is 5.91 Å². The second-order valence-electron chi connectivity index (χ2n) is 12.9. The summed E-state index contributed by atoms with van der Waals surface area (Å²) < 4.78 is 24.4. The lowest BCUT2D eigenvalue weighted by atomic mass is 9.91. The van der Waals surface area contributed by atoms with Gasteiger partial charge in [0, 0.05) is 68.0 Å². The number of hydrogen-bond donors (Lipinski definition) is 2. The number of Topliss-reactive ketones (excluding diaryl/α,β-unsaturated/α-hetero) is 2. The van der Waals surface area contributed by atoms with Crippen LogP contribution in [0.1, 0.15) is 53.5 Å². The van der Waals surface area contributed by atoms with Crippen LogP contribution in [0.5, 0.6) is 11.5 Å². The lowest BCUT2D eigenvalue weighted by Crippen LogP contribution is -2.36. The monoisotopic (exact) mass is 729 g/mol. The first-order valence-corrected chi connectivity index (χ1v) is 17.7. The van der Waals surface area contributed by atoms with E-state index in [1.165, 1.54) is 11.5 Å². The van der Waals surface area contributed by atoms with Crippen LogP contribution in [0.15, 0.2) is 59.8 Å². The zero-order valence-electron chi connectivity index (χ0n) is 31.7. The number of likely N-dealkylation sites (N-methyl/N-ethyl adjacent to an activating group) is 1. The first kappa shape index (κ1) is 40.7. The standard InChI is InChI=1S/C40H51N5O8/c1-8-26(2)39(48)38-29(27(3)46)10-9-11-34(38)42-14-16-52-18-19-53-17-15-43-37(47)25-44(4)23-33-35(50-6)20-28(21-36(33)51-7)32-24-45(5)40(49)31-22-41-13-12-30(31)32/h9-13,20-22,24,26,42H,8,14-19,23,25H2,1-7H3,(H,43,47). The summed E-state index contributed by atoms with van der Waals surface area (Å²) in [6, 6.07) is 10.9. The molecule has 0 bridgehead atoms. The van der Waals surface area contributed by atoms with Crippen LogP contribution in [0.4, 0.5) is 5.69 Å². The van der Waals surface area contributed by atoms with Crippen LogP contribution in [0, 0.1) is 5.92 Å². The lowest BCUT2D eigenvalue weighted by Gasteiger charge is -2.21. The quantitative estimate of drug-likeness (QED) is 0.0905. The summed E-state index contributed by atoms with van der Waals surface area (Å²) in [7, 11) is 6.72. The fourth-order valence-corrected chi connectivity index (χ4v) is 6.00. The number of fused-ring (bicyclic) bond motifs is 1. The van der Waals surface area contributed by atoms with Gasteiger partial charge in [-0.05, 0) is 55.6 Å². The van der Waals surface area contributed by atoms with Crippen LogP contribution in [-0.4, -0.2) is 99.3 Å². The lowest BCUT2D eigenvalue weighted by molar-refractivity contribution is -0.122. The number of ketones is 2. The van der Waals surface area contributed by atoms with Gasteiger partial charge in [0.1, 0.15) is 11.5 Å². The summed E-state index contributed by atoms with van der Waals surface area (Å²) in [5.41, 5.74) is 3.80. The maximum absolute atomic E-state index is 13.0. The zero-order chi connectivity index (χ0) is 38.5. The van der Waals surface area contributed by atoms with E-state index in [2.05, 4.69) is 15.6 Å². The molecule has 13 heteroatoms. The molecule has 2 aromatic heterocycles. The Kier molecular flexibility index (Phi) is 15.1. The molecule has 4 aromatic rings. The van der Waals surface area contributed by atoms with Crippen molar-refractivity contribution in [3.63, 3.8) is 0 Å². The van der Waals surface area contributed by atoms with E-state index < -0.39 is 0 Å². The van der Waals surface area contributed by atoms with Gasteiger partial charge in [-0.1, -0.05) is 26.0 Å². The number of benzene rings is 2. The first-order chi connectivity index (χ1) is 25.5. The van der Waals surface area contributed by atoms with Crippen molar-refractivity contribution in [1.29, 1.82) is 0 Å². The Morgan fingerprint density at radius 3 is 2.28 bits per heavy atom. The molecule has 4 rings (SSSR count). The minimum atomic E-state index is -0.187. The van der Waals surface area contributed by atoms with Gasteiger partial charge < -0.3 is 34.1 Å². The minimum absolute atomic E-state index is 0.0491. The van der Waals surface area contributed by atoms with E-state index in [9.17, 15) is 19.2 Å². The molecule has 284 valence electrons. The molecule has 2 aromatic carbocycles. The molecule has 1 amide bonds. The Hall–Kier alpha value is -5.11. The van der Waals surface area contributed by atoms with E-state index in [0.29, 0.717) is 86.2 Å². The van der Waals surface area contributed by atoms with Crippen molar-refractivity contribution < 1.29 is 33.3 Å². The van der Waals surface area contributed by atoms with Gasteiger partial charge in [-0.3, -0.25) is 29.1 Å². The van der Waals surface area contributed by atoms with Gasteiger partial charge >= 0.3 is 0 Å². The van der Waals surface area contributed by atoms with Crippen LogP contribution in [0.3, 0.4) is 0 Å². The van der Waals surface area contributed by atoms with Crippen LogP contribution < -0.4 is 25.7 Å². The van der Waals surface area contributed by atoms with Crippen molar-refractivity contribution in [2.45, 2.75) is 33.7 Å². The number of rotatable bonds is 21. The SMILES string of the molecule is CCC(C)C(=O)c1c(NCCOCCOCCNC(=O)CN(C)Cc2c(OC)cc(-c3cn(C)c(=O)c4cnccc34)cc2OC)cccc1C(C)=O. The Morgan fingerprint density at radius 1 is 0.962 bits per heavy atom. The highest BCUT2D eigenvalue weighted by molar-refractivity contribution is 6.12. The van der Waals surface area contributed by atoms with E-state index in [0.717, 1.165) is 22.1 Å². The number of carbonyl (C=O) groups is 3. The molecule has 0 fully saturated rings. The molecular weight excluding hydrogens is 678 g/mol. The molecule has 1 unspecified atom stereocenters. The summed E-state index contributed by atoms with van der Waals surface area (Å²) >= 11 is 0. The average molecular weight is 730 g/mol. The maximum Gasteiger partial charge on any atom is 0.259 e. The number of carbonyl (C=O) groups excluding carboxylic acids is 3. The van der Waals surface area contributed by atoms with E-state index in [4.69, 9.17) is 18.9 Å². The topological polar surface area (TPSA) is 150 Å². The highest BCUT2D eigenvalue weighted by Gasteiger charge is 2.23. The highest BCUT2D eigenvalue weighted by Crippen LogP contribution is 2.37. The summed E-state index contributed by atoms with van der Waals surface area (Å²) in [6.07, 6.45) is 5.71. The van der Waals surface area contributed by atoms with Crippen molar-refractivity contribution >= 4 is 33.9 Å². The third kappa shape index (κ3) is 10.5. The van der Waals surface area contributed by atoms with Crippen molar-refractivity contribution in [2.75, 3.05) is 72.6 Å². The molecule has 0 saturated heterocycles. The van der Waals surface area contributed by atoms with Crippen molar-refractivity contribution in [2.24, 2.45) is 13.0 Å². The van der Waals surface area contributed by atoms with E-state index in [1.54, 1.807) is 58.1 Å². The summed E-state index contributed by atoms with van der Waals surface area (Å²) in [5.74, 6) is 0.655. The van der Waals surface area contributed by atoms with E-state index in [-0.39, 0.29) is 35.5 Å². The molecule has 0 aliphatic heterocycles. The van der Waals surface area contributed by atoms with Gasteiger partial charge in [0.15, 0.2) is 11.6 Å². The van der Waals surface area contributed by atoms with Gasteiger partial charge in [-0.15, -0.1) is 0 Å². The number of aryl methyl sites for hydroxylation is 1. The number of anilines is 1. The first-order valence-electron chi connectivity index (χ1n) is 17.7. The second kappa shape index (κ2) is 19.6. The molecule has 0 saturated carbocycles. The number of nitrogens with zero attached hydrogens (tertiary/aromatic N) is 3. The molecule has 2 heterocycles. The molecule has 13 nitrogen and oxygen atoms in total. The molecule has 1 atom stereocenters. The predicted molar refractivity (Wildman–Crippen MR) is 205 cm³/mol. The average Bonchev–Trinajstić information content (AvgIpc) is 3.16. The van der Waals surface area contributed by atoms with Crippen LogP contribution in [0.2, 0.25) is 0 Å². The summed E-state index contributed by atoms with van der Waals surface area (Å²) in [6.45, 7) is 8.05. The third-order valence-corrected chi connectivity index (χ3v) is 9.00. The smallest absolute Gasteiger partial charge is 0.259 e. The van der Waals surface area contributed by atoms with Crippen molar-refractivity contribution in [3.8, 4) is 22.6 Å². The third-order valence-electron chi connectivity index (χ3n) is 9.00. The van der Waals surface area contributed by atoms with Gasteiger partial charge in [0.05, 0.1) is 63.7 Å². The van der Waals surface area contributed by atoms with Gasteiger partial charge in [0.25, 0.3) is 5.56 Å². The number of methoxy groups -OCH3 is 2. The molecule has 0 radical (unpaired) electrons. The van der Waals surface area contributed by atoms with Crippen molar-refractivity contribution in [1.82, 2.24) is 19.8 Å². The highest BCUT2D eigenvalue weighted by atomic mass is 16.5. The Labute approximate surface area is 310 Å². The molecule has 0 spiro atoms. The zero-order valence-corrected chi connectivity index (χ0v) is 31.7. The maximum atomic E-state index is 13.0. The normalized spacial score (nSPS) is 11.8. The fraction of sp³-hybridized carbons (Fsp3) is 0.425. The number of amides is 1. The summed E-state index contributed by atoms with van der Waals surface area (Å²) in [4.78, 5) is 56.6. The molecule has 2 N–H and O–H groups in total. The van der Waals surface area contributed by atoms with Crippen LogP contribution >= 0.6 is 0 Å². The van der Waals surface area contributed by atoms with Gasteiger partial charge in [-0.25, -0.2) is 0 Å². The van der Waals surface area contributed by atoms with Crippen molar-refractivity contribution in [3.05, 3.63) is 82.0 Å². The minimum Gasteiger partial charge on any atom is -0.496 e. The number of pyridine rings is 2. The van der Waals surface area contributed by atoms with Crippen LogP contribution in [-0.2, 0) is 27.9 Å². The Morgan fingerprint density at radius 2 is 1.64 bits per heavy atom. The Balaban J connectivity index is 1.20. The predicted octanol–water partition coefficient (Wildman–Crippen LogP) is 4.74. The number of aromatic nitrogens is 2. The Bertz CT molecular complexity index is 1930. The molecule has 0 aliphatic carbocycles. The fourth-order valence-electron chi connectivity index (χ4n) is 6.00. The molecular formula is C40H51N5O8. The second-order valence-corrected chi connectivity index (χ2v) is 12.9. The van der Waals surface area contributed by atoms with E-state index >= 15 is 0 Å². The largest absolute Gasteiger partial charge is 0.496 e. The summed E-state index contributed by atoms with van der Waals surface area (Å²) in [5, 5.41) is 7.41. The number of nitrogens with one attached hydrogen (secondary N) is 2. The molecule has 0 aliphatic rings. The number of ether oxygens (including phenoxy) is 4. The number of hydrogen-bond acceptors (Lipinski definition) is 11. The molecule has 53 heavy (non-hydrogen) atoms. The van der Waals surface area contributed by atoms with Crippen LogP contribution in [0.25, 0.3) is 21.9 Å². The van der Waals surface area contributed by atoms with Gasteiger partial charge in [-0.2, -0.15) is 0 Å².